The molecule has 10 heteroatoms. The fourth-order valence-corrected chi connectivity index (χ4v) is 9.34. The van der Waals surface area contributed by atoms with E-state index in [0.717, 1.165) is 53.1 Å². The van der Waals surface area contributed by atoms with E-state index in [0.29, 0.717) is 75.6 Å². The molecule has 42 heavy (non-hydrogen) atoms. The van der Waals surface area contributed by atoms with Gasteiger partial charge in [-0.25, -0.2) is 9.37 Å². The van der Waals surface area contributed by atoms with E-state index < -0.39 is 11.4 Å². The Balaban J connectivity index is 1.20. The first-order valence-corrected chi connectivity index (χ1v) is 16.0. The maximum atomic E-state index is 14.8. The molecule has 3 fully saturated rings. The first kappa shape index (κ1) is 28.4. The summed E-state index contributed by atoms with van der Waals surface area (Å²) in [6, 6.07) is 8.42. The second kappa shape index (κ2) is 11.0. The average Bonchev–Trinajstić information content (AvgIpc) is 3.51. The zero-order valence-corrected chi connectivity index (χ0v) is 25.7. The van der Waals surface area contributed by atoms with Crippen molar-refractivity contribution >= 4 is 51.0 Å². The number of hydrogen-bond donors (Lipinski definition) is 0. The maximum absolute atomic E-state index is 14.8. The number of rotatable bonds is 9. The van der Waals surface area contributed by atoms with Crippen molar-refractivity contribution in [2.24, 2.45) is 17.8 Å². The summed E-state index contributed by atoms with van der Waals surface area (Å²) in [6.07, 6.45) is 5.44. The highest BCUT2D eigenvalue weighted by Gasteiger charge is 2.54. The van der Waals surface area contributed by atoms with Gasteiger partial charge in [-0.3, -0.25) is 4.79 Å². The van der Waals surface area contributed by atoms with Crippen molar-refractivity contribution in [2.45, 2.75) is 63.1 Å². The number of ether oxygens (including phenoxy) is 2. The average molecular weight is 630 g/mol. The lowest BCUT2D eigenvalue weighted by Crippen LogP contribution is -2.45. The molecule has 220 valence electrons. The van der Waals surface area contributed by atoms with E-state index in [1.807, 2.05) is 6.07 Å². The summed E-state index contributed by atoms with van der Waals surface area (Å²) in [5, 5.41) is 6.42. The number of hydrogen-bond acceptors (Lipinski definition) is 7. The van der Waals surface area contributed by atoms with Gasteiger partial charge >= 0.3 is 0 Å². The highest BCUT2D eigenvalue weighted by molar-refractivity contribution is 7.18. The van der Waals surface area contributed by atoms with E-state index in [2.05, 4.69) is 12.1 Å². The van der Waals surface area contributed by atoms with Crippen LogP contribution < -0.4 is 0 Å². The van der Waals surface area contributed by atoms with E-state index in [1.54, 1.807) is 25.3 Å². The third-order valence-corrected chi connectivity index (χ3v) is 11.2. The van der Waals surface area contributed by atoms with Crippen LogP contribution >= 0.6 is 34.5 Å². The molecule has 6 nitrogen and oxygen atoms in total. The SMILES string of the molecule is COCC1(OCc2c(-c3c(Cl)cccc3Cl)noc2C2CC2)CC2CC(C)C(C1)C2c1nc2c(F)cc(C=O)cc2s1. The van der Waals surface area contributed by atoms with Crippen molar-refractivity contribution < 1.29 is 23.2 Å². The molecule has 0 aliphatic heterocycles. The molecule has 3 aliphatic carbocycles. The Labute approximate surface area is 257 Å². The third kappa shape index (κ3) is 4.89. The van der Waals surface area contributed by atoms with Gasteiger partial charge in [0.1, 0.15) is 23.3 Å². The number of aldehydes is 1. The number of fused-ring (bicyclic) bond motifs is 3. The minimum Gasteiger partial charge on any atom is -0.382 e. The molecule has 3 aliphatic rings. The topological polar surface area (TPSA) is 74.5 Å². The minimum absolute atomic E-state index is 0.208. The molecular formula is C32H31Cl2FN2O4S. The first-order chi connectivity index (χ1) is 20.3. The van der Waals surface area contributed by atoms with Crippen molar-refractivity contribution in [3.8, 4) is 11.3 Å². The van der Waals surface area contributed by atoms with Crippen LogP contribution in [0.15, 0.2) is 34.9 Å². The normalized spacial score (nSPS) is 27.2. The fraction of sp³-hybridized carbons (Fsp3) is 0.469. The lowest BCUT2D eigenvalue weighted by molar-refractivity contribution is -0.135. The molecule has 5 atom stereocenters. The highest BCUT2D eigenvalue weighted by atomic mass is 35.5. The second-order valence-corrected chi connectivity index (χ2v) is 14.1. The van der Waals surface area contributed by atoms with Crippen LogP contribution in [0.25, 0.3) is 21.5 Å². The van der Waals surface area contributed by atoms with Gasteiger partial charge in [0.2, 0.25) is 0 Å². The Morgan fingerprint density at radius 2 is 2.00 bits per heavy atom. The maximum Gasteiger partial charge on any atom is 0.151 e. The fourth-order valence-electron chi connectivity index (χ4n) is 7.47. The van der Waals surface area contributed by atoms with Crippen LogP contribution in [0.4, 0.5) is 4.39 Å². The Morgan fingerprint density at radius 3 is 2.69 bits per heavy atom. The van der Waals surface area contributed by atoms with E-state index in [1.165, 1.54) is 17.4 Å². The number of thiazole rings is 1. The number of carbonyl (C=O) groups is 1. The van der Waals surface area contributed by atoms with Crippen LogP contribution in [-0.4, -0.2) is 35.7 Å². The van der Waals surface area contributed by atoms with Crippen molar-refractivity contribution in [1.82, 2.24) is 10.1 Å². The molecule has 3 saturated carbocycles. The molecule has 2 aromatic carbocycles. The Kier molecular flexibility index (Phi) is 7.42. The molecule has 7 rings (SSSR count). The van der Waals surface area contributed by atoms with Gasteiger partial charge in [0, 0.05) is 35.6 Å². The van der Waals surface area contributed by atoms with Crippen LogP contribution in [0.5, 0.6) is 0 Å². The van der Waals surface area contributed by atoms with Crippen LogP contribution in [0.2, 0.25) is 10.0 Å². The van der Waals surface area contributed by atoms with Gasteiger partial charge in [0.25, 0.3) is 0 Å². The predicted molar refractivity (Wildman–Crippen MR) is 161 cm³/mol. The third-order valence-electron chi connectivity index (χ3n) is 9.42. The molecule has 0 radical (unpaired) electrons. The van der Waals surface area contributed by atoms with Crippen molar-refractivity contribution in [3.05, 3.63) is 68.1 Å². The van der Waals surface area contributed by atoms with Crippen LogP contribution in [0.3, 0.4) is 0 Å². The number of methoxy groups -OCH3 is 1. The lowest BCUT2D eigenvalue weighted by atomic mass is 9.70. The lowest BCUT2D eigenvalue weighted by Gasteiger charge is -2.44. The molecular weight excluding hydrogens is 598 g/mol. The molecule has 5 unspecified atom stereocenters. The van der Waals surface area contributed by atoms with Gasteiger partial charge in [0.15, 0.2) is 5.82 Å². The number of carbonyl (C=O) groups excluding carboxylic acids is 1. The first-order valence-electron chi connectivity index (χ1n) is 14.4. The van der Waals surface area contributed by atoms with Gasteiger partial charge in [-0.2, -0.15) is 0 Å². The summed E-state index contributed by atoms with van der Waals surface area (Å²) in [6.45, 7) is 3.07. The van der Waals surface area contributed by atoms with E-state index >= 15 is 0 Å². The van der Waals surface area contributed by atoms with Gasteiger partial charge in [-0.05, 0) is 74.1 Å². The number of aromatic nitrogens is 2. The van der Waals surface area contributed by atoms with E-state index in [-0.39, 0.29) is 5.92 Å². The Hall–Kier alpha value is -2.36. The second-order valence-electron chi connectivity index (χ2n) is 12.2. The van der Waals surface area contributed by atoms with E-state index in [9.17, 15) is 9.18 Å². The van der Waals surface area contributed by atoms with Crippen LogP contribution in [-0.2, 0) is 16.1 Å². The summed E-state index contributed by atoms with van der Waals surface area (Å²) in [5.41, 5.74) is 2.38. The monoisotopic (exact) mass is 628 g/mol. The van der Waals surface area contributed by atoms with Gasteiger partial charge < -0.3 is 14.0 Å². The smallest absolute Gasteiger partial charge is 0.151 e. The predicted octanol–water partition coefficient (Wildman–Crippen LogP) is 8.84. The molecule has 4 aromatic rings. The summed E-state index contributed by atoms with van der Waals surface area (Å²) in [5.74, 6) is 2.02. The summed E-state index contributed by atoms with van der Waals surface area (Å²) >= 11 is 14.7. The number of nitrogens with zero attached hydrogens (tertiary/aromatic N) is 2. The molecule has 0 spiro atoms. The largest absolute Gasteiger partial charge is 0.382 e. The molecule has 0 amide bonds. The summed E-state index contributed by atoms with van der Waals surface area (Å²) in [4.78, 5) is 16.1. The zero-order valence-electron chi connectivity index (χ0n) is 23.4. The van der Waals surface area contributed by atoms with Gasteiger partial charge in [-0.1, -0.05) is 41.3 Å². The molecule has 2 bridgehead atoms. The van der Waals surface area contributed by atoms with E-state index in [4.69, 9.17) is 42.2 Å². The molecule has 0 saturated heterocycles. The standard InChI is InChI=1S/C32H31Cl2FN2O4S/c1-16-8-19-11-32(15-39-2,12-20(16)26(19)31-36-29-24(35)9-17(13-38)10-25(29)42-31)40-14-21-28(37-41-30(21)18-6-7-18)27-22(33)4-3-5-23(27)34/h3-5,9-10,13,16,18-20,26H,6-8,11-12,14-15H2,1-2H3. The van der Waals surface area contributed by atoms with Crippen molar-refractivity contribution in [2.75, 3.05) is 13.7 Å². The number of benzene rings is 2. The van der Waals surface area contributed by atoms with Gasteiger partial charge in [0.05, 0.1) is 38.6 Å². The van der Waals surface area contributed by atoms with Gasteiger partial charge in [-0.15, -0.1) is 11.3 Å². The van der Waals surface area contributed by atoms with Crippen LogP contribution in [0, 0.1) is 23.6 Å². The minimum atomic E-state index is -0.502. The molecule has 0 N–H and O–H groups in total. The molecule has 2 aromatic heterocycles. The van der Waals surface area contributed by atoms with Crippen molar-refractivity contribution in [3.63, 3.8) is 0 Å². The zero-order chi connectivity index (χ0) is 29.2. The quantitative estimate of drug-likeness (QED) is 0.172. The highest BCUT2D eigenvalue weighted by Crippen LogP contribution is 2.59. The Bertz CT molecular complexity index is 1650. The van der Waals surface area contributed by atoms with Crippen LogP contribution in [0.1, 0.15) is 77.6 Å². The van der Waals surface area contributed by atoms with Crippen molar-refractivity contribution in [1.29, 1.82) is 0 Å². The Morgan fingerprint density at radius 1 is 1.21 bits per heavy atom. The molecule has 2 heterocycles. The summed E-state index contributed by atoms with van der Waals surface area (Å²) < 4.78 is 34.1. The summed E-state index contributed by atoms with van der Waals surface area (Å²) in [7, 11) is 1.72. The number of halogens is 3.